The van der Waals surface area contributed by atoms with Crippen LogP contribution in [0.25, 0.3) is 0 Å². The van der Waals surface area contributed by atoms with Gasteiger partial charge in [-0.3, -0.25) is 4.68 Å². The van der Waals surface area contributed by atoms with Crippen LogP contribution in [0.5, 0.6) is 5.75 Å². The molecule has 0 spiro atoms. The van der Waals surface area contributed by atoms with Crippen LogP contribution in [-0.2, 0) is 13.2 Å². The van der Waals surface area contributed by atoms with Crippen molar-refractivity contribution in [1.82, 2.24) is 9.78 Å². The standard InChI is InChI=1S/C13H16N2O/c1-3-15-9-12(8-14-15)10-16-13-6-4-5-11(2)7-13/h4-9H,3,10H2,1-2H3. The minimum atomic E-state index is 0.573. The zero-order valence-electron chi connectivity index (χ0n) is 9.68. The van der Waals surface area contributed by atoms with Gasteiger partial charge in [-0.05, 0) is 31.5 Å². The Morgan fingerprint density at radius 2 is 2.25 bits per heavy atom. The molecule has 0 amide bonds. The van der Waals surface area contributed by atoms with E-state index in [1.165, 1.54) is 5.56 Å². The molecule has 0 saturated carbocycles. The summed E-state index contributed by atoms with van der Waals surface area (Å²) in [7, 11) is 0. The summed E-state index contributed by atoms with van der Waals surface area (Å²) in [5.41, 5.74) is 2.31. The Balaban J connectivity index is 1.96. The van der Waals surface area contributed by atoms with Crippen molar-refractivity contribution in [3.05, 3.63) is 47.8 Å². The maximum Gasteiger partial charge on any atom is 0.120 e. The lowest BCUT2D eigenvalue weighted by Gasteiger charge is -2.04. The Labute approximate surface area is 95.7 Å². The highest BCUT2D eigenvalue weighted by Gasteiger charge is 1.99. The van der Waals surface area contributed by atoms with Crippen LogP contribution < -0.4 is 4.74 Å². The zero-order chi connectivity index (χ0) is 11.4. The summed E-state index contributed by atoms with van der Waals surface area (Å²) in [6, 6.07) is 8.06. The average Bonchev–Trinajstić information content (AvgIpc) is 2.74. The van der Waals surface area contributed by atoms with Crippen molar-refractivity contribution in [3.8, 4) is 5.75 Å². The van der Waals surface area contributed by atoms with Crippen LogP contribution >= 0.6 is 0 Å². The van der Waals surface area contributed by atoms with E-state index in [1.54, 1.807) is 0 Å². The van der Waals surface area contributed by atoms with Gasteiger partial charge in [-0.25, -0.2) is 0 Å². The van der Waals surface area contributed by atoms with Gasteiger partial charge < -0.3 is 4.74 Å². The first-order valence-electron chi connectivity index (χ1n) is 5.48. The predicted octanol–water partition coefficient (Wildman–Crippen LogP) is 2.79. The van der Waals surface area contributed by atoms with Gasteiger partial charge in [0.05, 0.1) is 6.20 Å². The summed E-state index contributed by atoms with van der Waals surface area (Å²) < 4.78 is 7.58. The lowest BCUT2D eigenvalue weighted by molar-refractivity contribution is 0.306. The number of benzene rings is 1. The normalized spacial score (nSPS) is 10.4. The molecule has 3 nitrogen and oxygen atoms in total. The fourth-order valence-corrected chi connectivity index (χ4v) is 1.53. The largest absolute Gasteiger partial charge is 0.489 e. The van der Waals surface area contributed by atoms with Crippen LogP contribution in [0.2, 0.25) is 0 Å². The maximum atomic E-state index is 5.68. The molecule has 0 radical (unpaired) electrons. The molecule has 0 aliphatic heterocycles. The molecule has 2 rings (SSSR count). The fourth-order valence-electron chi connectivity index (χ4n) is 1.53. The molecule has 16 heavy (non-hydrogen) atoms. The average molecular weight is 216 g/mol. The van der Waals surface area contributed by atoms with Crippen molar-refractivity contribution in [3.63, 3.8) is 0 Å². The third-order valence-corrected chi connectivity index (χ3v) is 2.41. The van der Waals surface area contributed by atoms with Gasteiger partial charge in [0, 0.05) is 18.3 Å². The van der Waals surface area contributed by atoms with E-state index < -0.39 is 0 Å². The van der Waals surface area contributed by atoms with Crippen LogP contribution in [0.3, 0.4) is 0 Å². The maximum absolute atomic E-state index is 5.68. The third-order valence-electron chi connectivity index (χ3n) is 2.41. The van der Waals surface area contributed by atoms with Gasteiger partial charge in [0.2, 0.25) is 0 Å². The van der Waals surface area contributed by atoms with Crippen molar-refractivity contribution in [2.24, 2.45) is 0 Å². The van der Waals surface area contributed by atoms with Crippen LogP contribution in [0.15, 0.2) is 36.7 Å². The van der Waals surface area contributed by atoms with Gasteiger partial charge in [-0.15, -0.1) is 0 Å². The van der Waals surface area contributed by atoms with Gasteiger partial charge in [-0.2, -0.15) is 5.10 Å². The first kappa shape index (κ1) is 10.7. The van der Waals surface area contributed by atoms with E-state index in [9.17, 15) is 0 Å². The van der Waals surface area contributed by atoms with E-state index in [0.717, 1.165) is 17.9 Å². The first-order valence-corrected chi connectivity index (χ1v) is 5.48. The summed E-state index contributed by atoms with van der Waals surface area (Å²) in [6.45, 7) is 5.59. The molecular weight excluding hydrogens is 200 g/mol. The SMILES string of the molecule is CCn1cc(COc2cccc(C)c2)cn1. The summed E-state index contributed by atoms with van der Waals surface area (Å²) in [5, 5.41) is 4.20. The topological polar surface area (TPSA) is 27.1 Å². The minimum absolute atomic E-state index is 0.573. The quantitative estimate of drug-likeness (QED) is 0.785. The summed E-state index contributed by atoms with van der Waals surface area (Å²) in [5.74, 6) is 0.907. The molecule has 0 unspecified atom stereocenters. The Kier molecular flexibility index (Phi) is 3.25. The van der Waals surface area contributed by atoms with Gasteiger partial charge in [0.25, 0.3) is 0 Å². The molecule has 0 aliphatic rings. The molecule has 84 valence electrons. The van der Waals surface area contributed by atoms with Crippen LogP contribution in [0.1, 0.15) is 18.1 Å². The van der Waals surface area contributed by atoms with Crippen molar-refractivity contribution in [1.29, 1.82) is 0 Å². The summed E-state index contributed by atoms with van der Waals surface area (Å²) >= 11 is 0. The Morgan fingerprint density at radius 3 is 2.94 bits per heavy atom. The second kappa shape index (κ2) is 4.84. The zero-order valence-corrected chi connectivity index (χ0v) is 9.68. The second-order valence-corrected chi connectivity index (χ2v) is 3.81. The Hall–Kier alpha value is -1.77. The van der Waals surface area contributed by atoms with Gasteiger partial charge in [0.15, 0.2) is 0 Å². The molecule has 1 heterocycles. The number of nitrogens with zero attached hydrogens (tertiary/aromatic N) is 2. The highest BCUT2D eigenvalue weighted by atomic mass is 16.5. The summed E-state index contributed by atoms with van der Waals surface area (Å²) in [6.07, 6.45) is 3.86. The van der Waals surface area contributed by atoms with E-state index >= 15 is 0 Å². The Bertz CT molecular complexity index is 462. The predicted molar refractivity (Wildman–Crippen MR) is 63.4 cm³/mol. The molecule has 1 aromatic heterocycles. The summed E-state index contributed by atoms with van der Waals surface area (Å²) in [4.78, 5) is 0. The monoisotopic (exact) mass is 216 g/mol. The van der Waals surface area contributed by atoms with E-state index in [2.05, 4.69) is 25.0 Å². The Morgan fingerprint density at radius 1 is 1.38 bits per heavy atom. The van der Waals surface area contributed by atoms with E-state index in [1.807, 2.05) is 35.3 Å². The second-order valence-electron chi connectivity index (χ2n) is 3.81. The molecular formula is C13H16N2O. The first-order chi connectivity index (χ1) is 7.78. The molecule has 0 bridgehead atoms. The molecule has 0 saturated heterocycles. The molecule has 3 heteroatoms. The molecule has 2 aromatic rings. The van der Waals surface area contributed by atoms with Gasteiger partial charge in [-0.1, -0.05) is 12.1 Å². The highest BCUT2D eigenvalue weighted by Crippen LogP contribution is 2.14. The lowest BCUT2D eigenvalue weighted by atomic mass is 10.2. The van der Waals surface area contributed by atoms with Crippen LogP contribution in [-0.4, -0.2) is 9.78 Å². The smallest absolute Gasteiger partial charge is 0.120 e. The molecule has 0 fully saturated rings. The number of aromatic nitrogens is 2. The minimum Gasteiger partial charge on any atom is -0.489 e. The molecule has 0 aliphatic carbocycles. The lowest BCUT2D eigenvalue weighted by Crippen LogP contribution is -1.95. The highest BCUT2D eigenvalue weighted by molar-refractivity contribution is 5.27. The van der Waals surface area contributed by atoms with Gasteiger partial charge >= 0.3 is 0 Å². The molecule has 1 aromatic carbocycles. The number of rotatable bonds is 4. The number of aryl methyl sites for hydroxylation is 2. The van der Waals surface area contributed by atoms with E-state index in [-0.39, 0.29) is 0 Å². The third kappa shape index (κ3) is 2.63. The van der Waals surface area contributed by atoms with Crippen molar-refractivity contribution in [2.45, 2.75) is 27.0 Å². The number of hydrogen-bond donors (Lipinski definition) is 0. The van der Waals surface area contributed by atoms with Gasteiger partial charge in [0.1, 0.15) is 12.4 Å². The van der Waals surface area contributed by atoms with E-state index in [0.29, 0.717) is 6.61 Å². The van der Waals surface area contributed by atoms with Crippen LogP contribution in [0.4, 0.5) is 0 Å². The molecule has 0 atom stereocenters. The fraction of sp³-hybridized carbons (Fsp3) is 0.308. The number of hydrogen-bond acceptors (Lipinski definition) is 2. The van der Waals surface area contributed by atoms with E-state index in [4.69, 9.17) is 4.74 Å². The van der Waals surface area contributed by atoms with Crippen molar-refractivity contribution >= 4 is 0 Å². The van der Waals surface area contributed by atoms with Crippen molar-refractivity contribution in [2.75, 3.05) is 0 Å². The van der Waals surface area contributed by atoms with Crippen molar-refractivity contribution < 1.29 is 4.74 Å². The molecule has 0 N–H and O–H groups in total. The van der Waals surface area contributed by atoms with Crippen LogP contribution in [0, 0.1) is 6.92 Å². The number of ether oxygens (including phenoxy) is 1.